The van der Waals surface area contributed by atoms with E-state index in [0.29, 0.717) is 0 Å². The number of rotatable bonds is 2. The molecule has 3 rings (SSSR count). The zero-order valence-electron chi connectivity index (χ0n) is 16.1. The van der Waals surface area contributed by atoms with Crippen molar-refractivity contribution in [3.63, 3.8) is 0 Å². The van der Waals surface area contributed by atoms with E-state index in [1.54, 1.807) is 12.2 Å². The maximum absolute atomic E-state index is 8.25. The highest BCUT2D eigenvalue weighted by Gasteiger charge is 1.94. The Morgan fingerprint density at radius 1 is 0.704 bits per heavy atom. The molecule has 2 aromatic carbocycles. The van der Waals surface area contributed by atoms with Gasteiger partial charge in [-0.2, -0.15) is 10.5 Å². The van der Waals surface area contributed by atoms with E-state index >= 15 is 0 Å². The van der Waals surface area contributed by atoms with E-state index in [9.17, 15) is 0 Å². The molecular formula is C24H26N2O. The Morgan fingerprint density at radius 2 is 1.07 bits per heavy atom. The van der Waals surface area contributed by atoms with Gasteiger partial charge in [0.05, 0.1) is 12.1 Å². The summed E-state index contributed by atoms with van der Waals surface area (Å²) >= 11 is 0. The quantitative estimate of drug-likeness (QED) is 0.632. The van der Waals surface area contributed by atoms with Crippen molar-refractivity contribution in [2.24, 2.45) is 0 Å². The lowest BCUT2D eigenvalue weighted by Gasteiger charge is -1.92. The van der Waals surface area contributed by atoms with Gasteiger partial charge in [0.15, 0.2) is 0 Å². The SMILES string of the molecule is C1CCOC1.Cc1ccc(C=CC#N)cc1.Cc1ccc(C=CC#N)cc1. The first-order chi connectivity index (χ1) is 13.2. The van der Waals surface area contributed by atoms with Crippen molar-refractivity contribution < 1.29 is 4.74 Å². The Morgan fingerprint density at radius 3 is 1.33 bits per heavy atom. The second kappa shape index (κ2) is 14.1. The number of hydrogen-bond acceptors (Lipinski definition) is 3. The number of nitrogens with zero attached hydrogens (tertiary/aromatic N) is 2. The summed E-state index contributed by atoms with van der Waals surface area (Å²) in [5.74, 6) is 0. The molecule has 0 amide bonds. The standard InChI is InChI=1S/2C10H9N.C4H8O/c2*1-9-4-6-10(7-5-9)3-2-8-11;1-2-4-5-3-1/h2*2-7H,1H3;1-4H2. The molecule has 2 aromatic rings. The first-order valence-electron chi connectivity index (χ1n) is 8.99. The molecule has 1 aliphatic rings. The van der Waals surface area contributed by atoms with Gasteiger partial charge >= 0.3 is 0 Å². The monoisotopic (exact) mass is 358 g/mol. The van der Waals surface area contributed by atoms with Gasteiger partial charge < -0.3 is 4.74 Å². The van der Waals surface area contributed by atoms with Crippen molar-refractivity contribution >= 4 is 12.2 Å². The fourth-order valence-electron chi connectivity index (χ4n) is 2.13. The predicted molar refractivity (Wildman–Crippen MR) is 112 cm³/mol. The normalized spacial score (nSPS) is 12.4. The molecule has 3 nitrogen and oxygen atoms in total. The third-order valence-electron chi connectivity index (χ3n) is 3.68. The lowest BCUT2D eigenvalue weighted by molar-refractivity contribution is 0.198. The molecule has 0 N–H and O–H groups in total. The van der Waals surface area contributed by atoms with Crippen LogP contribution in [0.15, 0.2) is 60.7 Å². The highest BCUT2D eigenvalue weighted by molar-refractivity contribution is 5.52. The smallest absolute Gasteiger partial charge is 0.0912 e. The molecule has 3 heteroatoms. The minimum absolute atomic E-state index is 1.00. The Labute approximate surface area is 162 Å². The molecule has 0 aliphatic carbocycles. The van der Waals surface area contributed by atoms with Crippen LogP contribution < -0.4 is 0 Å². The zero-order chi connectivity index (χ0) is 19.7. The molecule has 0 saturated carbocycles. The molecule has 1 heterocycles. The van der Waals surface area contributed by atoms with Gasteiger partial charge in [0.2, 0.25) is 0 Å². The Bertz CT molecular complexity index is 711. The van der Waals surface area contributed by atoms with Crippen molar-refractivity contribution in [3.8, 4) is 12.1 Å². The molecule has 1 fully saturated rings. The number of hydrogen-bond donors (Lipinski definition) is 0. The number of benzene rings is 2. The first kappa shape index (κ1) is 21.9. The van der Waals surface area contributed by atoms with E-state index in [-0.39, 0.29) is 0 Å². The van der Waals surface area contributed by atoms with Gasteiger partial charge in [0, 0.05) is 25.4 Å². The average Bonchev–Trinajstić information content (AvgIpc) is 3.28. The van der Waals surface area contributed by atoms with Gasteiger partial charge in [0.25, 0.3) is 0 Å². The second-order valence-electron chi connectivity index (χ2n) is 6.07. The molecule has 1 saturated heterocycles. The summed E-state index contributed by atoms with van der Waals surface area (Å²) in [5, 5.41) is 16.5. The van der Waals surface area contributed by atoms with Gasteiger partial charge in [-0.25, -0.2) is 0 Å². The molecule has 0 bridgehead atoms. The minimum atomic E-state index is 1.00. The van der Waals surface area contributed by atoms with Crippen LogP contribution in [0.25, 0.3) is 12.2 Å². The maximum atomic E-state index is 8.25. The minimum Gasteiger partial charge on any atom is -0.381 e. The fraction of sp³-hybridized carbons (Fsp3) is 0.250. The molecule has 0 unspecified atom stereocenters. The summed E-state index contributed by atoms with van der Waals surface area (Å²) < 4.78 is 4.94. The highest BCUT2D eigenvalue weighted by Crippen LogP contribution is 2.05. The zero-order valence-corrected chi connectivity index (χ0v) is 16.1. The van der Waals surface area contributed by atoms with Gasteiger partial charge in [-0.1, -0.05) is 59.7 Å². The number of nitriles is 2. The molecule has 0 aromatic heterocycles. The van der Waals surface area contributed by atoms with Crippen molar-refractivity contribution in [2.75, 3.05) is 13.2 Å². The van der Waals surface area contributed by atoms with Crippen LogP contribution in [0, 0.1) is 36.5 Å². The van der Waals surface area contributed by atoms with E-state index in [1.807, 2.05) is 74.5 Å². The molecule has 138 valence electrons. The second-order valence-corrected chi connectivity index (χ2v) is 6.07. The fourth-order valence-corrected chi connectivity index (χ4v) is 2.13. The van der Waals surface area contributed by atoms with Gasteiger partial charge in [-0.05, 0) is 50.0 Å². The van der Waals surface area contributed by atoms with Crippen molar-refractivity contribution in [3.05, 3.63) is 82.9 Å². The molecule has 27 heavy (non-hydrogen) atoms. The summed E-state index contributed by atoms with van der Waals surface area (Å²) in [6.45, 7) is 6.08. The van der Waals surface area contributed by atoms with E-state index in [1.165, 1.54) is 36.1 Å². The summed E-state index contributed by atoms with van der Waals surface area (Å²) in [6.07, 6.45) is 9.09. The van der Waals surface area contributed by atoms with E-state index in [0.717, 1.165) is 24.3 Å². The Balaban J connectivity index is 0.000000216. The molecule has 0 spiro atoms. The Kier molecular flexibility index (Phi) is 11.4. The summed E-state index contributed by atoms with van der Waals surface area (Å²) in [4.78, 5) is 0. The lowest BCUT2D eigenvalue weighted by Crippen LogP contribution is -1.74. The van der Waals surface area contributed by atoms with Crippen LogP contribution in [0.2, 0.25) is 0 Å². The summed E-state index contributed by atoms with van der Waals surface area (Å²) in [5.41, 5.74) is 4.60. The van der Waals surface area contributed by atoms with Gasteiger partial charge in [-0.3, -0.25) is 0 Å². The average molecular weight is 358 g/mol. The van der Waals surface area contributed by atoms with Crippen LogP contribution >= 0.6 is 0 Å². The number of ether oxygens (including phenoxy) is 1. The first-order valence-corrected chi connectivity index (χ1v) is 8.99. The lowest BCUT2D eigenvalue weighted by atomic mass is 10.1. The largest absolute Gasteiger partial charge is 0.381 e. The number of allylic oxidation sites excluding steroid dienone is 2. The summed E-state index contributed by atoms with van der Waals surface area (Å²) in [7, 11) is 0. The van der Waals surface area contributed by atoms with Crippen LogP contribution in [0.5, 0.6) is 0 Å². The predicted octanol–water partition coefficient (Wildman–Crippen LogP) is 5.86. The van der Waals surface area contributed by atoms with E-state index < -0.39 is 0 Å². The third kappa shape index (κ3) is 11.2. The van der Waals surface area contributed by atoms with Gasteiger partial charge in [0.1, 0.15) is 0 Å². The van der Waals surface area contributed by atoms with Crippen LogP contribution in [-0.2, 0) is 4.74 Å². The molecule has 0 atom stereocenters. The van der Waals surface area contributed by atoms with Crippen LogP contribution in [-0.4, -0.2) is 13.2 Å². The van der Waals surface area contributed by atoms with Crippen LogP contribution in [0.4, 0.5) is 0 Å². The van der Waals surface area contributed by atoms with Gasteiger partial charge in [-0.15, -0.1) is 0 Å². The topological polar surface area (TPSA) is 56.8 Å². The molecular weight excluding hydrogens is 332 g/mol. The van der Waals surface area contributed by atoms with E-state index in [4.69, 9.17) is 15.3 Å². The molecule has 0 radical (unpaired) electrons. The molecule has 1 aliphatic heterocycles. The maximum Gasteiger partial charge on any atom is 0.0912 e. The van der Waals surface area contributed by atoms with Crippen molar-refractivity contribution in [1.29, 1.82) is 10.5 Å². The van der Waals surface area contributed by atoms with E-state index in [2.05, 4.69) is 0 Å². The summed E-state index contributed by atoms with van der Waals surface area (Å²) in [6, 6.07) is 20.0. The third-order valence-corrected chi connectivity index (χ3v) is 3.68. The van der Waals surface area contributed by atoms with Crippen LogP contribution in [0.3, 0.4) is 0 Å². The Hall–Kier alpha value is -3.14. The number of aryl methyl sites for hydroxylation is 2. The van der Waals surface area contributed by atoms with Crippen LogP contribution in [0.1, 0.15) is 35.1 Å². The van der Waals surface area contributed by atoms with Crippen molar-refractivity contribution in [1.82, 2.24) is 0 Å². The highest BCUT2D eigenvalue weighted by atomic mass is 16.5. The van der Waals surface area contributed by atoms with Crippen molar-refractivity contribution in [2.45, 2.75) is 26.7 Å².